The molecule has 0 aliphatic rings. The van der Waals surface area contributed by atoms with E-state index in [0.717, 1.165) is 11.1 Å². The quantitative estimate of drug-likeness (QED) is 0.528. The molecule has 0 spiro atoms. The van der Waals surface area contributed by atoms with Crippen LogP contribution in [-0.2, 0) is 17.9 Å². The second-order valence-electron chi connectivity index (χ2n) is 6.18. The van der Waals surface area contributed by atoms with Crippen molar-refractivity contribution in [1.82, 2.24) is 20.2 Å². The molecular formula is C20H16N4O4S. The fourth-order valence-corrected chi connectivity index (χ4v) is 3.76. The van der Waals surface area contributed by atoms with Gasteiger partial charge in [-0.25, -0.2) is 9.78 Å². The van der Waals surface area contributed by atoms with Gasteiger partial charge in [-0.15, -0.1) is 11.3 Å². The van der Waals surface area contributed by atoms with Gasteiger partial charge in [0.25, 0.3) is 5.56 Å². The number of hydrogen-bond acceptors (Lipinski definition) is 6. The van der Waals surface area contributed by atoms with E-state index in [2.05, 4.69) is 15.6 Å². The first kappa shape index (κ1) is 18.6. The molecule has 4 aromatic rings. The average Bonchev–Trinajstić information content (AvgIpc) is 3.39. The van der Waals surface area contributed by atoms with Crippen LogP contribution in [0.2, 0.25) is 0 Å². The molecule has 0 atom stereocenters. The van der Waals surface area contributed by atoms with Gasteiger partial charge in [0.05, 0.1) is 24.5 Å². The maximum atomic E-state index is 12.9. The minimum Gasteiger partial charge on any atom is -0.467 e. The highest BCUT2D eigenvalue weighted by Gasteiger charge is 2.15. The highest BCUT2D eigenvalue weighted by atomic mass is 32.1. The molecule has 8 nitrogen and oxygen atoms in total. The number of carbonyl (C=O) groups excluding carboxylic acids is 2. The summed E-state index contributed by atoms with van der Waals surface area (Å²) in [4.78, 5) is 41.8. The van der Waals surface area contributed by atoms with Crippen LogP contribution in [0.4, 0.5) is 4.79 Å². The van der Waals surface area contributed by atoms with Gasteiger partial charge >= 0.3 is 6.03 Å². The van der Waals surface area contributed by atoms with Crippen molar-refractivity contribution in [3.63, 3.8) is 0 Å². The first-order valence-corrected chi connectivity index (χ1v) is 9.62. The maximum Gasteiger partial charge on any atom is 0.321 e. The van der Waals surface area contributed by atoms with Crippen LogP contribution in [0.1, 0.15) is 5.76 Å². The summed E-state index contributed by atoms with van der Waals surface area (Å²) < 4.78 is 6.29. The molecule has 0 unspecified atom stereocenters. The Labute approximate surface area is 168 Å². The number of thiophene rings is 1. The fraction of sp³-hybridized carbons (Fsp3) is 0.100. The Bertz CT molecular complexity index is 1210. The minimum absolute atomic E-state index is 0.148. The smallest absolute Gasteiger partial charge is 0.321 e. The second kappa shape index (κ2) is 8.11. The highest BCUT2D eigenvalue weighted by Crippen LogP contribution is 2.30. The van der Waals surface area contributed by atoms with Crippen molar-refractivity contribution in [2.24, 2.45) is 0 Å². The summed E-state index contributed by atoms with van der Waals surface area (Å²) in [7, 11) is 0. The Hall–Kier alpha value is -3.72. The zero-order chi connectivity index (χ0) is 20.2. The normalized spacial score (nSPS) is 10.8. The molecule has 146 valence electrons. The molecule has 0 bridgehead atoms. The van der Waals surface area contributed by atoms with E-state index >= 15 is 0 Å². The van der Waals surface area contributed by atoms with Crippen LogP contribution in [0.15, 0.2) is 69.6 Å². The maximum absolute atomic E-state index is 12.9. The molecule has 3 amide bonds. The summed E-state index contributed by atoms with van der Waals surface area (Å²) in [5, 5.41) is 7.03. The summed E-state index contributed by atoms with van der Waals surface area (Å²) in [5.41, 5.74) is 1.34. The van der Waals surface area contributed by atoms with E-state index in [4.69, 9.17) is 4.42 Å². The van der Waals surface area contributed by atoms with Crippen molar-refractivity contribution in [2.45, 2.75) is 13.1 Å². The van der Waals surface area contributed by atoms with Crippen molar-refractivity contribution >= 4 is 33.5 Å². The number of carbonyl (C=O) groups is 2. The monoisotopic (exact) mass is 408 g/mol. The second-order valence-corrected chi connectivity index (χ2v) is 7.04. The van der Waals surface area contributed by atoms with Crippen molar-refractivity contribution in [3.05, 3.63) is 76.5 Å². The summed E-state index contributed by atoms with van der Waals surface area (Å²) in [6.45, 7) is -0.172. The molecule has 0 aliphatic carbocycles. The van der Waals surface area contributed by atoms with Gasteiger partial charge in [-0.1, -0.05) is 30.3 Å². The lowest BCUT2D eigenvalue weighted by Crippen LogP contribution is -2.41. The van der Waals surface area contributed by atoms with Gasteiger partial charge in [0.15, 0.2) is 0 Å². The Kier molecular flexibility index (Phi) is 5.21. The number of amides is 3. The highest BCUT2D eigenvalue weighted by molar-refractivity contribution is 7.17. The van der Waals surface area contributed by atoms with Gasteiger partial charge in [0.1, 0.15) is 17.1 Å². The van der Waals surface area contributed by atoms with Crippen LogP contribution in [-0.4, -0.2) is 21.5 Å². The van der Waals surface area contributed by atoms with E-state index in [1.54, 1.807) is 12.1 Å². The number of nitrogens with one attached hydrogen (secondary N) is 2. The molecule has 1 aromatic carbocycles. The molecule has 0 radical (unpaired) electrons. The Morgan fingerprint density at radius 1 is 1.14 bits per heavy atom. The van der Waals surface area contributed by atoms with Crippen molar-refractivity contribution in [3.8, 4) is 11.1 Å². The molecule has 4 rings (SSSR count). The molecule has 0 aliphatic heterocycles. The van der Waals surface area contributed by atoms with Crippen LogP contribution < -0.4 is 16.2 Å². The predicted octanol–water partition coefficient (Wildman–Crippen LogP) is 2.74. The van der Waals surface area contributed by atoms with Crippen molar-refractivity contribution in [2.75, 3.05) is 0 Å². The lowest BCUT2D eigenvalue weighted by Gasteiger charge is -2.08. The SMILES string of the molecule is O=C(Cn1cnc2scc(-c3ccccc3)c2c1=O)NC(=O)NCc1ccco1. The molecule has 0 saturated heterocycles. The Balaban J connectivity index is 1.49. The minimum atomic E-state index is -0.672. The predicted molar refractivity (Wildman–Crippen MR) is 108 cm³/mol. The number of benzene rings is 1. The standard InChI is InChI=1S/C20H16N4O4S/c25-16(23-20(27)21-9-14-7-4-8-28-14)10-24-12-22-18-17(19(24)26)15(11-29-18)13-5-2-1-3-6-13/h1-8,11-12H,9-10H2,(H2,21,23,25,27). The van der Waals surface area contributed by atoms with Crippen LogP contribution >= 0.6 is 11.3 Å². The van der Waals surface area contributed by atoms with Crippen LogP contribution in [0, 0.1) is 0 Å². The largest absolute Gasteiger partial charge is 0.467 e. The Morgan fingerprint density at radius 3 is 2.72 bits per heavy atom. The van der Waals surface area contributed by atoms with E-state index in [1.165, 1.54) is 28.5 Å². The summed E-state index contributed by atoms with van der Waals surface area (Å²) in [6.07, 6.45) is 2.81. The van der Waals surface area contributed by atoms with E-state index in [-0.39, 0.29) is 18.6 Å². The van der Waals surface area contributed by atoms with Gasteiger partial charge in [-0.3, -0.25) is 19.5 Å². The number of hydrogen-bond donors (Lipinski definition) is 2. The van der Waals surface area contributed by atoms with E-state index in [0.29, 0.717) is 16.0 Å². The zero-order valence-electron chi connectivity index (χ0n) is 15.1. The topological polar surface area (TPSA) is 106 Å². The number of nitrogens with zero attached hydrogens (tertiary/aromatic N) is 2. The molecule has 9 heteroatoms. The Morgan fingerprint density at radius 2 is 1.97 bits per heavy atom. The fourth-order valence-electron chi connectivity index (χ4n) is 2.86. The third-order valence-corrected chi connectivity index (χ3v) is 5.10. The first-order chi connectivity index (χ1) is 14.1. The number of fused-ring (bicyclic) bond motifs is 1. The number of imide groups is 1. The lowest BCUT2D eigenvalue weighted by atomic mass is 10.1. The van der Waals surface area contributed by atoms with Gasteiger partial charge in [0, 0.05) is 10.9 Å². The number of urea groups is 1. The van der Waals surface area contributed by atoms with Gasteiger partial charge in [0.2, 0.25) is 5.91 Å². The number of aromatic nitrogens is 2. The molecule has 29 heavy (non-hydrogen) atoms. The van der Waals surface area contributed by atoms with Gasteiger partial charge in [-0.2, -0.15) is 0 Å². The van der Waals surface area contributed by atoms with Crippen molar-refractivity contribution in [1.29, 1.82) is 0 Å². The number of rotatable bonds is 5. The van der Waals surface area contributed by atoms with E-state index in [1.807, 2.05) is 35.7 Å². The van der Waals surface area contributed by atoms with E-state index in [9.17, 15) is 14.4 Å². The summed E-state index contributed by atoms with van der Waals surface area (Å²) >= 11 is 1.37. The third-order valence-electron chi connectivity index (χ3n) is 4.22. The van der Waals surface area contributed by atoms with Crippen LogP contribution in [0.5, 0.6) is 0 Å². The first-order valence-electron chi connectivity index (χ1n) is 8.74. The molecule has 3 heterocycles. The van der Waals surface area contributed by atoms with Crippen molar-refractivity contribution < 1.29 is 14.0 Å². The molecule has 3 aromatic heterocycles. The molecule has 2 N–H and O–H groups in total. The third kappa shape index (κ3) is 4.09. The lowest BCUT2D eigenvalue weighted by molar-refractivity contribution is -0.120. The van der Waals surface area contributed by atoms with Crippen LogP contribution in [0.25, 0.3) is 21.3 Å². The zero-order valence-corrected chi connectivity index (χ0v) is 15.9. The molecular weight excluding hydrogens is 392 g/mol. The molecule has 0 saturated carbocycles. The molecule has 0 fully saturated rings. The summed E-state index contributed by atoms with van der Waals surface area (Å²) in [5.74, 6) is -0.0638. The average molecular weight is 408 g/mol. The van der Waals surface area contributed by atoms with E-state index < -0.39 is 11.9 Å². The van der Waals surface area contributed by atoms with Gasteiger partial charge in [-0.05, 0) is 17.7 Å². The van der Waals surface area contributed by atoms with Crippen LogP contribution in [0.3, 0.4) is 0 Å². The summed E-state index contributed by atoms with van der Waals surface area (Å²) in [6, 6.07) is 12.2. The van der Waals surface area contributed by atoms with Gasteiger partial charge < -0.3 is 9.73 Å². The number of furan rings is 1.